The summed E-state index contributed by atoms with van der Waals surface area (Å²) in [6.45, 7) is 6.79. The van der Waals surface area contributed by atoms with E-state index in [1.54, 1.807) is 0 Å². The van der Waals surface area contributed by atoms with Crippen LogP contribution in [0.3, 0.4) is 0 Å². The fourth-order valence-corrected chi connectivity index (χ4v) is 1.88. The van der Waals surface area contributed by atoms with Crippen molar-refractivity contribution < 1.29 is 4.79 Å². The summed E-state index contributed by atoms with van der Waals surface area (Å²) in [5.74, 6) is -0.0181. The number of carbonyl (C=O) groups is 1. The average molecular weight is 248 g/mol. The summed E-state index contributed by atoms with van der Waals surface area (Å²) in [5, 5.41) is 3.08. The lowest BCUT2D eigenvalue weighted by molar-refractivity contribution is 0.0900. The van der Waals surface area contributed by atoms with Crippen LogP contribution < -0.4 is 11.1 Å². The highest BCUT2D eigenvalue weighted by molar-refractivity contribution is 5.94. The molecule has 0 fully saturated rings. The van der Waals surface area contributed by atoms with Gasteiger partial charge in [-0.1, -0.05) is 26.0 Å². The Morgan fingerprint density at radius 1 is 1.28 bits per heavy atom. The lowest BCUT2D eigenvalue weighted by Crippen LogP contribution is -2.46. The Hall–Kier alpha value is -1.35. The molecule has 0 heterocycles. The Bertz CT molecular complexity index is 386. The zero-order chi connectivity index (χ0) is 13.6. The topological polar surface area (TPSA) is 55.1 Å². The number of rotatable bonds is 6. The van der Waals surface area contributed by atoms with Crippen molar-refractivity contribution in [2.45, 2.75) is 45.6 Å². The minimum Gasteiger partial charge on any atom is -0.347 e. The van der Waals surface area contributed by atoms with E-state index in [1.165, 1.54) is 5.56 Å². The Balaban J connectivity index is 2.74. The summed E-state index contributed by atoms with van der Waals surface area (Å²) < 4.78 is 0. The molecule has 0 aliphatic rings. The lowest BCUT2D eigenvalue weighted by Gasteiger charge is -2.29. The third-order valence-electron chi connectivity index (χ3n) is 3.52. The van der Waals surface area contributed by atoms with Gasteiger partial charge in [-0.3, -0.25) is 4.79 Å². The zero-order valence-corrected chi connectivity index (χ0v) is 11.6. The molecule has 3 heteroatoms. The van der Waals surface area contributed by atoms with Crippen LogP contribution >= 0.6 is 0 Å². The number of hydrogen-bond acceptors (Lipinski definition) is 2. The number of nitrogens with one attached hydrogen (secondary N) is 1. The minimum atomic E-state index is -0.213. The van der Waals surface area contributed by atoms with E-state index in [-0.39, 0.29) is 11.4 Å². The van der Waals surface area contributed by atoms with Gasteiger partial charge < -0.3 is 11.1 Å². The van der Waals surface area contributed by atoms with Crippen LogP contribution in [-0.2, 0) is 6.42 Å². The summed E-state index contributed by atoms with van der Waals surface area (Å²) in [7, 11) is 0. The smallest absolute Gasteiger partial charge is 0.251 e. The third-order valence-corrected chi connectivity index (χ3v) is 3.52. The number of aryl methyl sites for hydroxylation is 1. The molecule has 0 saturated heterocycles. The number of carbonyl (C=O) groups excluding carboxylic acids is 1. The Morgan fingerprint density at radius 3 is 2.33 bits per heavy atom. The molecule has 3 N–H and O–H groups in total. The molecule has 0 aliphatic heterocycles. The van der Waals surface area contributed by atoms with E-state index in [1.807, 2.05) is 31.2 Å². The molecule has 0 aliphatic carbocycles. The summed E-state index contributed by atoms with van der Waals surface area (Å²) in [4.78, 5) is 12.1. The van der Waals surface area contributed by atoms with Crippen LogP contribution in [0.1, 0.15) is 49.5 Å². The zero-order valence-electron chi connectivity index (χ0n) is 11.6. The van der Waals surface area contributed by atoms with Crippen LogP contribution in [0.25, 0.3) is 0 Å². The van der Waals surface area contributed by atoms with E-state index in [0.717, 1.165) is 19.3 Å². The Kier molecular flexibility index (Phi) is 5.35. The van der Waals surface area contributed by atoms with E-state index >= 15 is 0 Å². The minimum absolute atomic E-state index is 0.0181. The van der Waals surface area contributed by atoms with E-state index in [2.05, 4.69) is 19.2 Å². The predicted molar refractivity (Wildman–Crippen MR) is 75.7 cm³/mol. The largest absolute Gasteiger partial charge is 0.347 e. The third kappa shape index (κ3) is 3.84. The molecule has 3 nitrogen and oxygen atoms in total. The number of amides is 1. The lowest BCUT2D eigenvalue weighted by atomic mass is 9.94. The van der Waals surface area contributed by atoms with Gasteiger partial charge in [0, 0.05) is 11.1 Å². The van der Waals surface area contributed by atoms with Crippen LogP contribution in [-0.4, -0.2) is 18.0 Å². The second-order valence-electron chi connectivity index (χ2n) is 4.96. The first-order valence-corrected chi connectivity index (χ1v) is 6.66. The summed E-state index contributed by atoms with van der Waals surface area (Å²) in [6, 6.07) is 7.77. The molecule has 0 aromatic heterocycles. The van der Waals surface area contributed by atoms with Gasteiger partial charge >= 0.3 is 0 Å². The second-order valence-corrected chi connectivity index (χ2v) is 4.96. The van der Waals surface area contributed by atoms with Gasteiger partial charge in [-0.05, 0) is 50.4 Å². The quantitative estimate of drug-likeness (QED) is 0.812. The number of nitrogens with two attached hydrogens (primary N) is 1. The fraction of sp³-hybridized carbons (Fsp3) is 0.533. The molecule has 1 aromatic carbocycles. The van der Waals surface area contributed by atoms with Crippen molar-refractivity contribution >= 4 is 5.91 Å². The summed E-state index contributed by atoms with van der Waals surface area (Å²) in [5.41, 5.74) is 7.33. The van der Waals surface area contributed by atoms with Gasteiger partial charge in [-0.25, -0.2) is 0 Å². The maximum atomic E-state index is 12.1. The van der Waals surface area contributed by atoms with Crippen LogP contribution in [0.4, 0.5) is 0 Å². The maximum Gasteiger partial charge on any atom is 0.251 e. The summed E-state index contributed by atoms with van der Waals surface area (Å²) in [6.07, 6.45) is 2.66. The molecule has 1 amide bonds. The Labute approximate surface area is 110 Å². The number of hydrogen-bond donors (Lipinski definition) is 2. The molecule has 1 aromatic rings. The van der Waals surface area contributed by atoms with Crippen molar-refractivity contribution in [3.05, 3.63) is 35.4 Å². The SMILES string of the molecule is CCc1ccc(C(=O)NC(C)(CC)CCN)cc1. The van der Waals surface area contributed by atoms with Crippen molar-refractivity contribution in [2.75, 3.05) is 6.54 Å². The molecule has 0 spiro atoms. The van der Waals surface area contributed by atoms with Gasteiger partial charge in [-0.2, -0.15) is 0 Å². The van der Waals surface area contributed by atoms with Gasteiger partial charge in [0.05, 0.1) is 0 Å². The molecule has 0 radical (unpaired) electrons. The average Bonchev–Trinajstić information content (AvgIpc) is 2.39. The van der Waals surface area contributed by atoms with Crippen LogP contribution in [0.15, 0.2) is 24.3 Å². The van der Waals surface area contributed by atoms with Crippen molar-refractivity contribution in [3.63, 3.8) is 0 Å². The normalized spacial score (nSPS) is 14.0. The molecule has 18 heavy (non-hydrogen) atoms. The first kappa shape index (κ1) is 14.7. The molecule has 0 saturated carbocycles. The molecule has 100 valence electrons. The van der Waals surface area contributed by atoms with E-state index in [9.17, 15) is 4.79 Å². The predicted octanol–water partition coefficient (Wildman–Crippen LogP) is 2.50. The van der Waals surface area contributed by atoms with Crippen molar-refractivity contribution in [2.24, 2.45) is 5.73 Å². The highest BCUT2D eigenvalue weighted by atomic mass is 16.1. The highest BCUT2D eigenvalue weighted by Crippen LogP contribution is 2.15. The van der Waals surface area contributed by atoms with E-state index in [4.69, 9.17) is 5.73 Å². The monoisotopic (exact) mass is 248 g/mol. The van der Waals surface area contributed by atoms with Gasteiger partial charge in [-0.15, -0.1) is 0 Å². The fourth-order valence-electron chi connectivity index (χ4n) is 1.88. The van der Waals surface area contributed by atoms with Crippen LogP contribution in [0.2, 0.25) is 0 Å². The van der Waals surface area contributed by atoms with Gasteiger partial charge in [0.2, 0.25) is 0 Å². The molecule has 0 bridgehead atoms. The highest BCUT2D eigenvalue weighted by Gasteiger charge is 2.23. The maximum absolute atomic E-state index is 12.1. The standard InChI is InChI=1S/C15H24N2O/c1-4-12-6-8-13(9-7-12)14(18)17-15(3,5-2)10-11-16/h6-9H,4-5,10-11,16H2,1-3H3,(H,17,18). The molecule has 1 atom stereocenters. The van der Waals surface area contributed by atoms with Crippen LogP contribution in [0, 0.1) is 0 Å². The molecular formula is C15H24N2O. The Morgan fingerprint density at radius 2 is 1.89 bits per heavy atom. The second kappa shape index (κ2) is 6.55. The van der Waals surface area contributed by atoms with E-state index in [0.29, 0.717) is 12.1 Å². The van der Waals surface area contributed by atoms with Gasteiger partial charge in [0.15, 0.2) is 0 Å². The molecule has 1 unspecified atom stereocenters. The van der Waals surface area contributed by atoms with Crippen molar-refractivity contribution in [1.82, 2.24) is 5.32 Å². The van der Waals surface area contributed by atoms with Crippen molar-refractivity contribution in [1.29, 1.82) is 0 Å². The first-order chi connectivity index (χ1) is 8.54. The number of benzene rings is 1. The van der Waals surface area contributed by atoms with Gasteiger partial charge in [0.1, 0.15) is 0 Å². The van der Waals surface area contributed by atoms with Crippen LogP contribution in [0.5, 0.6) is 0 Å². The molecular weight excluding hydrogens is 224 g/mol. The molecule has 1 rings (SSSR count). The van der Waals surface area contributed by atoms with Crippen molar-refractivity contribution in [3.8, 4) is 0 Å². The van der Waals surface area contributed by atoms with E-state index < -0.39 is 0 Å². The van der Waals surface area contributed by atoms with Gasteiger partial charge in [0.25, 0.3) is 5.91 Å². The summed E-state index contributed by atoms with van der Waals surface area (Å²) >= 11 is 0. The first-order valence-electron chi connectivity index (χ1n) is 6.66.